The van der Waals surface area contributed by atoms with Crippen molar-refractivity contribution >= 4 is 27.3 Å². The van der Waals surface area contributed by atoms with Gasteiger partial charge >= 0.3 is 0 Å². The van der Waals surface area contributed by atoms with Gasteiger partial charge in [0.2, 0.25) is 5.91 Å². The Balaban J connectivity index is 2.16. The summed E-state index contributed by atoms with van der Waals surface area (Å²) in [6, 6.07) is 3.33. The molecule has 1 unspecified atom stereocenters. The van der Waals surface area contributed by atoms with Crippen LogP contribution in [0.2, 0.25) is 0 Å². The van der Waals surface area contributed by atoms with Gasteiger partial charge in [-0.25, -0.2) is 8.42 Å². The first kappa shape index (κ1) is 14.5. The van der Waals surface area contributed by atoms with Crippen LogP contribution < -0.4 is 0 Å². The lowest BCUT2D eigenvalue weighted by molar-refractivity contribution is -0.134. The second-order valence-corrected chi connectivity index (χ2v) is 7.98. The van der Waals surface area contributed by atoms with Crippen LogP contribution in [0.4, 0.5) is 0 Å². The van der Waals surface area contributed by atoms with Gasteiger partial charge in [0.1, 0.15) is 4.21 Å². The van der Waals surface area contributed by atoms with Crippen molar-refractivity contribution < 1.29 is 13.2 Å². The lowest BCUT2D eigenvalue weighted by atomic mass is 9.98. The van der Waals surface area contributed by atoms with Crippen molar-refractivity contribution in [1.29, 1.82) is 0 Å². The van der Waals surface area contributed by atoms with Crippen molar-refractivity contribution in [3.05, 3.63) is 17.5 Å². The van der Waals surface area contributed by atoms with Crippen molar-refractivity contribution in [3.8, 4) is 0 Å². The Kier molecular flexibility index (Phi) is 4.27. The van der Waals surface area contributed by atoms with Crippen molar-refractivity contribution in [2.24, 2.45) is 5.92 Å². The number of rotatable bonds is 3. The average Bonchev–Trinajstić information content (AvgIpc) is 2.92. The third kappa shape index (κ3) is 2.98. The molecule has 2 heterocycles. The number of hydrogen-bond acceptors (Lipinski definition) is 4. The Morgan fingerprint density at radius 3 is 2.79 bits per heavy atom. The number of nitrogens with zero attached hydrogens (tertiary/aromatic N) is 2. The summed E-state index contributed by atoms with van der Waals surface area (Å²) in [7, 11) is -0.0229. The third-order valence-electron chi connectivity index (χ3n) is 3.26. The number of thiophene rings is 1. The Hall–Kier alpha value is -0.920. The first-order chi connectivity index (χ1) is 8.93. The van der Waals surface area contributed by atoms with E-state index in [4.69, 9.17) is 0 Å². The first-order valence-corrected chi connectivity index (χ1v) is 8.49. The molecule has 1 aliphatic heterocycles. The second-order valence-electron chi connectivity index (χ2n) is 4.87. The molecule has 2 rings (SSSR count). The van der Waals surface area contributed by atoms with E-state index in [9.17, 15) is 13.2 Å². The minimum atomic E-state index is -3.43. The minimum Gasteiger partial charge on any atom is -0.349 e. The molecule has 0 bridgehead atoms. The van der Waals surface area contributed by atoms with E-state index in [0.29, 0.717) is 10.8 Å². The van der Waals surface area contributed by atoms with E-state index in [1.54, 1.807) is 31.6 Å². The number of hydrogen-bond donors (Lipinski definition) is 0. The van der Waals surface area contributed by atoms with Crippen molar-refractivity contribution in [2.75, 3.05) is 27.2 Å². The molecule has 1 aromatic heterocycles. The van der Waals surface area contributed by atoms with Crippen molar-refractivity contribution in [1.82, 2.24) is 9.21 Å². The molecular formula is C12H18N2O3S2. The molecule has 0 saturated carbocycles. The lowest BCUT2D eigenvalue weighted by Gasteiger charge is -2.32. The fourth-order valence-electron chi connectivity index (χ4n) is 2.26. The fourth-order valence-corrected chi connectivity index (χ4v) is 4.93. The van der Waals surface area contributed by atoms with E-state index in [1.165, 1.54) is 20.5 Å². The molecule has 0 aliphatic carbocycles. The largest absolute Gasteiger partial charge is 0.349 e. The van der Waals surface area contributed by atoms with Crippen LogP contribution in [-0.4, -0.2) is 50.7 Å². The summed E-state index contributed by atoms with van der Waals surface area (Å²) in [6.45, 7) is 0.786. The maximum Gasteiger partial charge on any atom is 0.252 e. The van der Waals surface area contributed by atoms with Gasteiger partial charge in [0.15, 0.2) is 0 Å². The summed E-state index contributed by atoms with van der Waals surface area (Å²) in [5, 5.41) is 1.75. The van der Waals surface area contributed by atoms with Crippen LogP contribution in [-0.2, 0) is 14.8 Å². The zero-order valence-electron chi connectivity index (χ0n) is 11.1. The van der Waals surface area contributed by atoms with Crippen LogP contribution in [0.5, 0.6) is 0 Å². The van der Waals surface area contributed by atoms with E-state index < -0.39 is 10.0 Å². The first-order valence-electron chi connectivity index (χ1n) is 6.17. The summed E-state index contributed by atoms with van der Waals surface area (Å²) in [5.41, 5.74) is 0. The highest BCUT2D eigenvalue weighted by molar-refractivity contribution is 7.91. The van der Waals surface area contributed by atoms with Crippen LogP contribution in [0.3, 0.4) is 0 Å². The van der Waals surface area contributed by atoms with Gasteiger partial charge in [-0.2, -0.15) is 4.31 Å². The van der Waals surface area contributed by atoms with Gasteiger partial charge < -0.3 is 4.90 Å². The highest BCUT2D eigenvalue weighted by atomic mass is 32.2. The molecule has 1 amide bonds. The van der Waals surface area contributed by atoms with Crippen LogP contribution in [0.15, 0.2) is 21.7 Å². The predicted octanol–water partition coefficient (Wildman–Crippen LogP) is 1.24. The molecular weight excluding hydrogens is 284 g/mol. The highest BCUT2D eigenvalue weighted by Crippen LogP contribution is 2.26. The quantitative estimate of drug-likeness (QED) is 0.844. The molecule has 19 heavy (non-hydrogen) atoms. The molecule has 1 atom stereocenters. The molecule has 5 nitrogen and oxygen atoms in total. The number of carbonyl (C=O) groups excluding carboxylic acids is 1. The molecule has 0 radical (unpaired) electrons. The van der Waals surface area contributed by atoms with E-state index in [-0.39, 0.29) is 18.4 Å². The van der Waals surface area contributed by atoms with Crippen molar-refractivity contribution in [3.63, 3.8) is 0 Å². The van der Waals surface area contributed by atoms with E-state index >= 15 is 0 Å². The number of amides is 1. The normalized spacial score (nSPS) is 21.3. The maximum atomic E-state index is 12.4. The van der Waals surface area contributed by atoms with Crippen LogP contribution in [0.25, 0.3) is 0 Å². The third-order valence-corrected chi connectivity index (χ3v) is 6.50. The highest BCUT2D eigenvalue weighted by Gasteiger charge is 2.34. The summed E-state index contributed by atoms with van der Waals surface area (Å²) < 4.78 is 26.6. The van der Waals surface area contributed by atoms with Gasteiger partial charge in [0, 0.05) is 27.2 Å². The summed E-state index contributed by atoms with van der Waals surface area (Å²) >= 11 is 1.21. The Morgan fingerprint density at radius 1 is 1.47 bits per heavy atom. The van der Waals surface area contributed by atoms with E-state index in [2.05, 4.69) is 0 Å². The molecule has 1 fully saturated rings. The molecule has 7 heteroatoms. The molecule has 0 spiro atoms. The summed E-state index contributed by atoms with van der Waals surface area (Å²) in [4.78, 5) is 13.5. The van der Waals surface area contributed by atoms with Crippen LogP contribution in [0, 0.1) is 5.92 Å². The Morgan fingerprint density at radius 2 is 2.21 bits per heavy atom. The maximum absolute atomic E-state index is 12.4. The summed E-state index contributed by atoms with van der Waals surface area (Å²) in [6.07, 6.45) is 1.49. The van der Waals surface area contributed by atoms with Gasteiger partial charge in [0.25, 0.3) is 10.0 Å². The lowest BCUT2D eigenvalue weighted by Crippen LogP contribution is -2.44. The average molecular weight is 302 g/mol. The SMILES string of the molecule is CN(C)C(=O)C1CCCN(S(=O)(=O)c2cccs2)C1. The fraction of sp³-hybridized carbons (Fsp3) is 0.583. The molecule has 106 valence electrons. The van der Waals surface area contributed by atoms with Gasteiger partial charge in [0.05, 0.1) is 5.92 Å². The van der Waals surface area contributed by atoms with Gasteiger partial charge in [-0.1, -0.05) is 6.07 Å². The number of sulfonamides is 1. The van der Waals surface area contributed by atoms with Gasteiger partial charge in [-0.15, -0.1) is 11.3 Å². The molecule has 1 saturated heterocycles. The molecule has 1 aliphatic rings. The van der Waals surface area contributed by atoms with Crippen LogP contribution in [0.1, 0.15) is 12.8 Å². The standard InChI is InChI=1S/C12H18N2O3S2/c1-13(2)12(15)10-5-3-7-14(9-10)19(16,17)11-6-4-8-18-11/h4,6,8,10H,3,5,7,9H2,1-2H3. The second kappa shape index (κ2) is 5.60. The smallest absolute Gasteiger partial charge is 0.252 e. The van der Waals surface area contributed by atoms with E-state index in [1.807, 2.05) is 0 Å². The monoisotopic (exact) mass is 302 g/mol. The minimum absolute atomic E-state index is 0.00563. The summed E-state index contributed by atoms with van der Waals surface area (Å²) in [5.74, 6) is -0.218. The van der Waals surface area contributed by atoms with Gasteiger partial charge in [-0.3, -0.25) is 4.79 Å². The predicted molar refractivity (Wildman–Crippen MR) is 74.5 cm³/mol. The van der Waals surface area contributed by atoms with Crippen molar-refractivity contribution in [2.45, 2.75) is 17.1 Å². The van der Waals surface area contributed by atoms with Gasteiger partial charge in [-0.05, 0) is 24.3 Å². The Labute approximate surface area is 117 Å². The Bertz CT molecular complexity index is 537. The van der Waals surface area contributed by atoms with E-state index in [0.717, 1.165) is 12.8 Å². The zero-order chi connectivity index (χ0) is 14.0. The topological polar surface area (TPSA) is 57.7 Å². The molecule has 1 aromatic rings. The molecule has 0 aromatic carbocycles. The number of piperidine rings is 1. The van der Waals surface area contributed by atoms with Crippen LogP contribution >= 0.6 is 11.3 Å². The molecule has 0 N–H and O–H groups in total. The zero-order valence-corrected chi connectivity index (χ0v) is 12.7. The number of carbonyl (C=O) groups is 1.